The van der Waals surface area contributed by atoms with E-state index in [-0.39, 0.29) is 11.9 Å². The van der Waals surface area contributed by atoms with E-state index in [9.17, 15) is 9.90 Å². The maximum absolute atomic E-state index is 12.0. The third-order valence-corrected chi connectivity index (χ3v) is 3.84. The molecule has 3 rings (SSSR count). The van der Waals surface area contributed by atoms with Crippen molar-refractivity contribution in [3.63, 3.8) is 0 Å². The fourth-order valence-corrected chi connectivity index (χ4v) is 2.60. The molecule has 0 bridgehead atoms. The first-order valence-corrected chi connectivity index (χ1v) is 6.83. The zero-order valence-corrected chi connectivity index (χ0v) is 12.0. The number of aryl methyl sites for hydroxylation is 1. The van der Waals surface area contributed by atoms with Crippen LogP contribution >= 0.6 is 0 Å². The number of amides is 1. The largest absolute Gasteiger partial charge is 0.497 e. The van der Waals surface area contributed by atoms with Crippen molar-refractivity contribution in [1.29, 1.82) is 0 Å². The summed E-state index contributed by atoms with van der Waals surface area (Å²) in [6, 6.07) is 14.8. The molecule has 1 N–H and O–H groups in total. The number of nitrogens with zero attached hydrogens (tertiary/aromatic N) is 1. The first-order chi connectivity index (χ1) is 10.1. The van der Waals surface area contributed by atoms with Gasteiger partial charge in [-0.2, -0.15) is 0 Å². The van der Waals surface area contributed by atoms with Crippen molar-refractivity contribution in [2.45, 2.75) is 19.1 Å². The van der Waals surface area contributed by atoms with Crippen LogP contribution in [0.1, 0.15) is 17.2 Å². The first kappa shape index (κ1) is 13.6. The van der Waals surface area contributed by atoms with Gasteiger partial charge < -0.3 is 9.84 Å². The zero-order chi connectivity index (χ0) is 15.0. The van der Waals surface area contributed by atoms with Crippen LogP contribution in [0.5, 0.6) is 5.75 Å². The number of aliphatic hydroxyl groups excluding tert-OH is 1. The quantitative estimate of drug-likeness (QED) is 0.880. The second-order valence-corrected chi connectivity index (χ2v) is 5.21. The van der Waals surface area contributed by atoms with E-state index in [0.717, 1.165) is 22.6 Å². The van der Waals surface area contributed by atoms with E-state index < -0.39 is 6.10 Å². The highest BCUT2D eigenvalue weighted by Crippen LogP contribution is 2.39. The third kappa shape index (κ3) is 2.28. The molecule has 0 saturated carbocycles. The van der Waals surface area contributed by atoms with Gasteiger partial charge in [0, 0.05) is 5.69 Å². The molecular formula is C17H17NO3. The molecule has 0 unspecified atom stereocenters. The van der Waals surface area contributed by atoms with Crippen LogP contribution in [0.2, 0.25) is 0 Å². The fourth-order valence-electron chi connectivity index (χ4n) is 2.60. The molecule has 4 heteroatoms. The highest BCUT2D eigenvalue weighted by molar-refractivity contribution is 6.04. The molecule has 1 amide bonds. The van der Waals surface area contributed by atoms with Gasteiger partial charge in [-0.15, -0.1) is 0 Å². The second kappa shape index (κ2) is 5.22. The number of rotatable bonds is 3. The molecule has 1 heterocycles. The predicted octanol–water partition coefficient (Wildman–Crippen LogP) is 2.45. The highest BCUT2D eigenvalue weighted by atomic mass is 16.5. The fraction of sp³-hybridized carbons (Fsp3) is 0.235. The van der Waals surface area contributed by atoms with Crippen LogP contribution in [-0.2, 0) is 4.79 Å². The van der Waals surface area contributed by atoms with Crippen LogP contribution in [0.4, 0.5) is 5.69 Å². The highest BCUT2D eigenvalue weighted by Gasteiger charge is 2.47. The SMILES string of the molecule is COc1ccc(N2C(=O)[C@@H](O)[C@@H]2c2ccc(C)cc2)cc1. The number of anilines is 1. The minimum atomic E-state index is -0.977. The van der Waals surface area contributed by atoms with Crippen molar-refractivity contribution in [3.05, 3.63) is 59.7 Å². The summed E-state index contributed by atoms with van der Waals surface area (Å²) in [6.45, 7) is 2.01. The van der Waals surface area contributed by atoms with Crippen LogP contribution in [0.15, 0.2) is 48.5 Å². The second-order valence-electron chi connectivity index (χ2n) is 5.21. The van der Waals surface area contributed by atoms with Crippen molar-refractivity contribution in [3.8, 4) is 5.75 Å². The molecule has 1 saturated heterocycles. The average molecular weight is 283 g/mol. The maximum Gasteiger partial charge on any atom is 0.259 e. The normalized spacial score (nSPS) is 21.1. The first-order valence-electron chi connectivity index (χ1n) is 6.83. The average Bonchev–Trinajstić information content (AvgIpc) is 2.53. The topological polar surface area (TPSA) is 49.8 Å². The van der Waals surface area contributed by atoms with Gasteiger partial charge >= 0.3 is 0 Å². The Balaban J connectivity index is 1.92. The summed E-state index contributed by atoms with van der Waals surface area (Å²) < 4.78 is 5.12. The Bertz CT molecular complexity index is 649. The standard InChI is InChI=1S/C17H17NO3/c1-11-3-5-12(6-4-11)15-16(19)17(20)18(15)13-7-9-14(21-2)10-8-13/h3-10,15-16,19H,1-2H3/t15-,16-/m0/s1. The lowest BCUT2D eigenvalue weighted by atomic mass is 9.89. The molecule has 4 nitrogen and oxygen atoms in total. The summed E-state index contributed by atoms with van der Waals surface area (Å²) in [5.74, 6) is 0.463. The Morgan fingerprint density at radius 3 is 2.24 bits per heavy atom. The molecule has 1 aliphatic heterocycles. The van der Waals surface area contributed by atoms with Gasteiger partial charge in [0.25, 0.3) is 5.91 Å². The molecule has 21 heavy (non-hydrogen) atoms. The maximum atomic E-state index is 12.0. The Morgan fingerprint density at radius 1 is 1.05 bits per heavy atom. The Morgan fingerprint density at radius 2 is 1.67 bits per heavy atom. The molecule has 2 aromatic carbocycles. The molecule has 0 spiro atoms. The van der Waals surface area contributed by atoms with E-state index in [2.05, 4.69) is 0 Å². The molecule has 0 radical (unpaired) electrons. The number of benzene rings is 2. The smallest absolute Gasteiger partial charge is 0.259 e. The van der Waals surface area contributed by atoms with Crippen molar-refractivity contribution >= 4 is 11.6 Å². The van der Waals surface area contributed by atoms with Crippen molar-refractivity contribution in [1.82, 2.24) is 0 Å². The van der Waals surface area contributed by atoms with Gasteiger partial charge in [0.2, 0.25) is 0 Å². The van der Waals surface area contributed by atoms with Crippen LogP contribution in [0, 0.1) is 6.92 Å². The molecule has 1 fully saturated rings. The number of hydrogen-bond donors (Lipinski definition) is 1. The lowest BCUT2D eigenvalue weighted by Gasteiger charge is -2.44. The number of carbonyl (C=O) groups is 1. The number of ether oxygens (including phenoxy) is 1. The van der Waals surface area contributed by atoms with Crippen LogP contribution in [0.3, 0.4) is 0 Å². The number of carbonyl (C=O) groups excluding carboxylic acids is 1. The van der Waals surface area contributed by atoms with Gasteiger partial charge in [-0.05, 0) is 36.8 Å². The summed E-state index contributed by atoms with van der Waals surface area (Å²) in [6.07, 6.45) is -0.977. The molecule has 2 atom stereocenters. The number of aliphatic hydroxyl groups is 1. The summed E-state index contributed by atoms with van der Waals surface area (Å²) >= 11 is 0. The minimum Gasteiger partial charge on any atom is -0.497 e. The molecular weight excluding hydrogens is 266 g/mol. The molecule has 2 aromatic rings. The third-order valence-electron chi connectivity index (χ3n) is 3.84. The van der Waals surface area contributed by atoms with Crippen LogP contribution in [0.25, 0.3) is 0 Å². The van der Waals surface area contributed by atoms with E-state index in [1.807, 2.05) is 43.3 Å². The molecule has 108 valence electrons. The number of methoxy groups -OCH3 is 1. The van der Waals surface area contributed by atoms with Crippen molar-refractivity contribution in [2.24, 2.45) is 0 Å². The summed E-state index contributed by atoms with van der Waals surface area (Å²) in [5.41, 5.74) is 2.84. The lowest BCUT2D eigenvalue weighted by molar-refractivity contribution is -0.137. The van der Waals surface area contributed by atoms with Gasteiger partial charge in [-0.3, -0.25) is 9.69 Å². The van der Waals surface area contributed by atoms with Crippen LogP contribution < -0.4 is 9.64 Å². The van der Waals surface area contributed by atoms with E-state index in [4.69, 9.17) is 4.74 Å². The van der Waals surface area contributed by atoms with Crippen molar-refractivity contribution < 1.29 is 14.6 Å². The Labute approximate surface area is 123 Å². The zero-order valence-electron chi connectivity index (χ0n) is 12.0. The van der Waals surface area contributed by atoms with Gasteiger partial charge in [-0.1, -0.05) is 29.8 Å². The van der Waals surface area contributed by atoms with Gasteiger partial charge in [0.05, 0.1) is 13.2 Å². The molecule has 1 aliphatic rings. The lowest BCUT2D eigenvalue weighted by Crippen LogP contribution is -2.59. The summed E-state index contributed by atoms with van der Waals surface area (Å²) in [5, 5.41) is 10.0. The van der Waals surface area contributed by atoms with E-state index >= 15 is 0 Å². The number of β-lactam (4-membered cyclic amide) rings is 1. The minimum absolute atomic E-state index is 0.272. The van der Waals surface area contributed by atoms with Gasteiger partial charge in [0.15, 0.2) is 6.10 Å². The van der Waals surface area contributed by atoms with E-state index in [0.29, 0.717) is 0 Å². The number of hydrogen-bond acceptors (Lipinski definition) is 3. The van der Waals surface area contributed by atoms with E-state index in [1.54, 1.807) is 24.1 Å². The Kier molecular flexibility index (Phi) is 3.39. The monoisotopic (exact) mass is 283 g/mol. The van der Waals surface area contributed by atoms with E-state index in [1.165, 1.54) is 0 Å². The van der Waals surface area contributed by atoms with Gasteiger partial charge in [0.1, 0.15) is 5.75 Å². The predicted molar refractivity (Wildman–Crippen MR) is 80.4 cm³/mol. The van der Waals surface area contributed by atoms with Gasteiger partial charge in [-0.25, -0.2) is 0 Å². The van der Waals surface area contributed by atoms with Crippen molar-refractivity contribution in [2.75, 3.05) is 12.0 Å². The van der Waals surface area contributed by atoms with Crippen LogP contribution in [-0.4, -0.2) is 24.2 Å². The molecule has 0 aromatic heterocycles. The molecule has 0 aliphatic carbocycles. The Hall–Kier alpha value is -2.33. The summed E-state index contributed by atoms with van der Waals surface area (Å²) in [7, 11) is 1.60. The summed E-state index contributed by atoms with van der Waals surface area (Å²) in [4.78, 5) is 13.6.